The van der Waals surface area contributed by atoms with E-state index in [1.165, 1.54) is 0 Å². The average molecular weight is 368 g/mol. The van der Waals surface area contributed by atoms with Gasteiger partial charge in [0.25, 0.3) is 5.91 Å². The van der Waals surface area contributed by atoms with E-state index in [2.05, 4.69) is 31.9 Å². The van der Waals surface area contributed by atoms with Crippen LogP contribution in [-0.4, -0.2) is 57.1 Å². The van der Waals surface area contributed by atoms with Crippen LogP contribution < -0.4 is 4.90 Å². The molecule has 2 atom stereocenters. The maximum Gasteiger partial charge on any atom is 0.259 e. The van der Waals surface area contributed by atoms with E-state index in [4.69, 9.17) is 4.52 Å². The van der Waals surface area contributed by atoms with Gasteiger partial charge in [-0.2, -0.15) is 0 Å². The van der Waals surface area contributed by atoms with Gasteiger partial charge in [0.1, 0.15) is 29.1 Å². The van der Waals surface area contributed by atoms with Crippen LogP contribution in [-0.2, 0) is 0 Å². The number of piperidine rings is 1. The lowest BCUT2D eigenvalue weighted by Gasteiger charge is -2.42. The molecular weight excluding hydrogens is 344 g/mol. The van der Waals surface area contributed by atoms with Crippen molar-refractivity contribution in [2.45, 2.75) is 33.2 Å². The molecule has 4 rings (SSSR count). The molecule has 0 saturated carbocycles. The predicted octanol–water partition coefficient (Wildman–Crippen LogP) is 2.55. The number of carbonyl (C=O) groups is 1. The maximum atomic E-state index is 13.1. The molecule has 8 nitrogen and oxygen atoms in total. The Morgan fingerprint density at radius 3 is 2.93 bits per heavy atom. The van der Waals surface area contributed by atoms with Crippen molar-refractivity contribution < 1.29 is 9.32 Å². The van der Waals surface area contributed by atoms with Crippen molar-refractivity contribution in [2.75, 3.05) is 25.0 Å². The quantitative estimate of drug-likeness (QED) is 0.764. The molecule has 27 heavy (non-hydrogen) atoms. The Balaban J connectivity index is 1.61. The van der Waals surface area contributed by atoms with Crippen LogP contribution in [0.3, 0.4) is 0 Å². The summed E-state index contributed by atoms with van der Waals surface area (Å²) in [7, 11) is 2.04. The van der Waals surface area contributed by atoms with Crippen LogP contribution in [0.15, 0.2) is 23.1 Å². The Kier molecular flexibility index (Phi) is 4.33. The van der Waals surface area contributed by atoms with E-state index in [1.54, 1.807) is 13.3 Å². The van der Waals surface area contributed by atoms with E-state index in [9.17, 15) is 4.79 Å². The molecule has 1 N–H and O–H groups in total. The molecule has 3 aromatic rings. The summed E-state index contributed by atoms with van der Waals surface area (Å²) in [5.41, 5.74) is 2.05. The number of hydrogen-bond acceptors (Lipinski definition) is 6. The minimum Gasteiger partial charge on any atom is -0.361 e. The number of hydrogen-bond donors (Lipinski definition) is 1. The molecule has 1 fully saturated rings. The molecule has 142 valence electrons. The molecule has 0 aromatic carbocycles. The summed E-state index contributed by atoms with van der Waals surface area (Å²) >= 11 is 0. The van der Waals surface area contributed by atoms with Crippen LogP contribution in [0.25, 0.3) is 11.0 Å². The second-order valence-corrected chi connectivity index (χ2v) is 7.33. The first-order valence-corrected chi connectivity index (χ1v) is 9.20. The van der Waals surface area contributed by atoms with Crippen LogP contribution in [0.4, 0.5) is 5.82 Å². The van der Waals surface area contributed by atoms with Gasteiger partial charge >= 0.3 is 0 Å². The fourth-order valence-corrected chi connectivity index (χ4v) is 3.98. The highest BCUT2D eigenvalue weighted by molar-refractivity contribution is 5.96. The molecule has 8 heteroatoms. The number of nitrogens with one attached hydrogen (secondary N) is 1. The second-order valence-electron chi connectivity index (χ2n) is 7.33. The number of aryl methyl sites for hydroxylation is 2. The molecule has 3 aromatic heterocycles. The SMILES string of the molecule is Cc1noc(C)c1C(=O)N1CC[C@@H](C)[C@@H](N(C)c2ncnc3[nH]ccc23)C1. The first kappa shape index (κ1) is 17.5. The summed E-state index contributed by atoms with van der Waals surface area (Å²) in [4.78, 5) is 29.0. The minimum absolute atomic E-state index is 0.00831. The fraction of sp³-hybridized carbons (Fsp3) is 0.474. The number of likely N-dealkylation sites (N-methyl/N-ethyl adjacent to an activating group) is 1. The lowest BCUT2D eigenvalue weighted by atomic mass is 9.91. The van der Waals surface area contributed by atoms with Crippen molar-refractivity contribution >= 4 is 22.8 Å². The number of fused-ring (bicyclic) bond motifs is 1. The molecule has 0 unspecified atom stereocenters. The van der Waals surface area contributed by atoms with E-state index in [0.717, 1.165) is 29.8 Å². The molecule has 1 amide bonds. The van der Waals surface area contributed by atoms with Crippen LogP contribution in [0.2, 0.25) is 0 Å². The first-order valence-electron chi connectivity index (χ1n) is 9.20. The number of nitrogens with zero attached hydrogens (tertiary/aromatic N) is 5. The minimum atomic E-state index is -0.00831. The fourth-order valence-electron chi connectivity index (χ4n) is 3.98. The van der Waals surface area contributed by atoms with Gasteiger partial charge in [0.2, 0.25) is 0 Å². The van der Waals surface area contributed by atoms with Gasteiger partial charge in [-0.3, -0.25) is 4.79 Å². The Hall–Kier alpha value is -2.90. The zero-order valence-electron chi connectivity index (χ0n) is 16.1. The third kappa shape index (κ3) is 2.94. The maximum absolute atomic E-state index is 13.1. The summed E-state index contributed by atoms with van der Waals surface area (Å²) in [5.74, 6) is 1.88. The number of aromatic nitrogens is 4. The highest BCUT2D eigenvalue weighted by Crippen LogP contribution is 2.29. The lowest BCUT2D eigenvalue weighted by Crippen LogP contribution is -2.53. The van der Waals surface area contributed by atoms with Crippen LogP contribution in [0, 0.1) is 19.8 Å². The highest BCUT2D eigenvalue weighted by Gasteiger charge is 2.34. The first-order chi connectivity index (χ1) is 13.0. The molecule has 0 aliphatic carbocycles. The van der Waals surface area contributed by atoms with Crippen molar-refractivity contribution in [3.8, 4) is 0 Å². The summed E-state index contributed by atoms with van der Waals surface area (Å²) in [6, 6.07) is 2.15. The van der Waals surface area contributed by atoms with E-state index in [-0.39, 0.29) is 11.9 Å². The second kappa shape index (κ2) is 6.68. The largest absolute Gasteiger partial charge is 0.361 e. The smallest absolute Gasteiger partial charge is 0.259 e. The van der Waals surface area contributed by atoms with Crippen molar-refractivity contribution in [1.82, 2.24) is 25.0 Å². The Morgan fingerprint density at radius 1 is 1.37 bits per heavy atom. The number of aromatic amines is 1. The number of likely N-dealkylation sites (tertiary alicyclic amines) is 1. The van der Waals surface area contributed by atoms with Crippen LogP contribution in [0.1, 0.15) is 35.2 Å². The zero-order chi connectivity index (χ0) is 19.1. The Labute approximate surface area is 157 Å². The lowest BCUT2D eigenvalue weighted by molar-refractivity contribution is 0.0667. The van der Waals surface area contributed by atoms with Gasteiger partial charge in [-0.25, -0.2) is 9.97 Å². The summed E-state index contributed by atoms with van der Waals surface area (Å²) in [5, 5.41) is 4.91. The third-order valence-electron chi connectivity index (χ3n) is 5.62. The van der Waals surface area contributed by atoms with Gasteiger partial charge in [0.05, 0.1) is 17.1 Å². The molecule has 4 heterocycles. The number of anilines is 1. The van der Waals surface area contributed by atoms with Crippen molar-refractivity contribution in [3.05, 3.63) is 35.6 Å². The van der Waals surface area contributed by atoms with Crippen molar-refractivity contribution in [2.24, 2.45) is 5.92 Å². The molecular formula is C19H24N6O2. The van der Waals surface area contributed by atoms with E-state index in [0.29, 0.717) is 29.5 Å². The van der Waals surface area contributed by atoms with Gasteiger partial charge in [0, 0.05) is 26.3 Å². The van der Waals surface area contributed by atoms with Gasteiger partial charge in [-0.05, 0) is 32.3 Å². The van der Waals surface area contributed by atoms with Crippen molar-refractivity contribution in [3.63, 3.8) is 0 Å². The number of H-pyrrole nitrogens is 1. The van der Waals surface area contributed by atoms with Crippen LogP contribution >= 0.6 is 0 Å². The summed E-state index contributed by atoms with van der Waals surface area (Å²) in [6.45, 7) is 7.19. The highest BCUT2D eigenvalue weighted by atomic mass is 16.5. The topological polar surface area (TPSA) is 91.2 Å². The van der Waals surface area contributed by atoms with Crippen LogP contribution in [0.5, 0.6) is 0 Å². The van der Waals surface area contributed by atoms with Crippen molar-refractivity contribution in [1.29, 1.82) is 0 Å². The summed E-state index contributed by atoms with van der Waals surface area (Å²) < 4.78 is 5.18. The van der Waals surface area contributed by atoms with E-state index < -0.39 is 0 Å². The Morgan fingerprint density at radius 2 is 2.19 bits per heavy atom. The number of amides is 1. The molecule has 1 aliphatic rings. The zero-order valence-corrected chi connectivity index (χ0v) is 16.1. The van der Waals surface area contributed by atoms with Gasteiger partial charge < -0.3 is 19.3 Å². The molecule has 1 aliphatic heterocycles. The number of rotatable bonds is 3. The number of carbonyl (C=O) groups excluding carboxylic acids is 1. The Bertz CT molecular complexity index is 958. The summed E-state index contributed by atoms with van der Waals surface area (Å²) in [6.07, 6.45) is 4.38. The van der Waals surface area contributed by atoms with E-state index >= 15 is 0 Å². The van der Waals surface area contributed by atoms with Gasteiger partial charge in [-0.1, -0.05) is 12.1 Å². The molecule has 0 bridgehead atoms. The molecule has 1 saturated heterocycles. The normalized spacial score (nSPS) is 20.2. The monoisotopic (exact) mass is 368 g/mol. The standard InChI is InChI=1S/C19H24N6O2/c1-11-6-8-25(19(26)16-12(2)23-27-13(16)3)9-15(11)24(4)18-14-5-7-20-17(14)21-10-22-18/h5,7,10-11,15H,6,8-9H2,1-4H3,(H,20,21,22)/t11-,15+/m1/s1. The third-order valence-corrected chi connectivity index (χ3v) is 5.62. The molecule has 0 radical (unpaired) electrons. The van der Waals surface area contributed by atoms with Gasteiger partial charge in [0.15, 0.2) is 0 Å². The van der Waals surface area contributed by atoms with Gasteiger partial charge in [-0.15, -0.1) is 0 Å². The van der Waals surface area contributed by atoms with E-state index in [1.807, 2.05) is 31.1 Å². The molecule has 0 spiro atoms. The average Bonchev–Trinajstić information content (AvgIpc) is 3.27. The predicted molar refractivity (Wildman–Crippen MR) is 102 cm³/mol.